The SMILES string of the molecule is NCC#Cc1ccc(COCc2ccccc2)c(F)c1. The molecule has 0 saturated heterocycles. The van der Waals surface area contributed by atoms with Crippen LogP contribution in [0.1, 0.15) is 16.7 Å². The van der Waals surface area contributed by atoms with Gasteiger partial charge in [0.25, 0.3) is 0 Å². The third-order valence-electron chi connectivity index (χ3n) is 2.76. The van der Waals surface area contributed by atoms with E-state index in [-0.39, 0.29) is 19.0 Å². The average Bonchev–Trinajstić information content (AvgIpc) is 2.48. The van der Waals surface area contributed by atoms with Crippen LogP contribution in [0.3, 0.4) is 0 Å². The molecule has 2 rings (SSSR count). The molecule has 0 aliphatic rings. The Morgan fingerprint density at radius 1 is 1.05 bits per heavy atom. The van der Waals surface area contributed by atoms with E-state index < -0.39 is 0 Å². The second-order valence-corrected chi connectivity index (χ2v) is 4.29. The van der Waals surface area contributed by atoms with Crippen LogP contribution in [0.15, 0.2) is 48.5 Å². The summed E-state index contributed by atoms with van der Waals surface area (Å²) in [5.74, 6) is 5.19. The summed E-state index contributed by atoms with van der Waals surface area (Å²) in [5, 5.41) is 0. The highest BCUT2D eigenvalue weighted by molar-refractivity contribution is 5.37. The van der Waals surface area contributed by atoms with E-state index in [1.807, 2.05) is 30.3 Å². The van der Waals surface area contributed by atoms with Crippen molar-refractivity contribution in [1.82, 2.24) is 0 Å². The maximum atomic E-state index is 13.8. The Hall–Kier alpha value is -2.15. The van der Waals surface area contributed by atoms with Gasteiger partial charge in [-0.25, -0.2) is 4.39 Å². The van der Waals surface area contributed by atoms with Crippen LogP contribution in [0.4, 0.5) is 4.39 Å². The summed E-state index contributed by atoms with van der Waals surface area (Å²) < 4.78 is 19.3. The molecule has 102 valence electrons. The second-order valence-electron chi connectivity index (χ2n) is 4.29. The van der Waals surface area contributed by atoms with Crippen molar-refractivity contribution in [3.05, 3.63) is 71.0 Å². The Bertz CT molecular complexity index is 614. The first-order valence-electron chi connectivity index (χ1n) is 6.38. The predicted octanol–water partition coefficient (Wildman–Crippen LogP) is 2.85. The smallest absolute Gasteiger partial charge is 0.129 e. The summed E-state index contributed by atoms with van der Waals surface area (Å²) in [5.41, 5.74) is 7.50. The maximum Gasteiger partial charge on any atom is 0.129 e. The quantitative estimate of drug-likeness (QED) is 0.866. The fraction of sp³-hybridized carbons (Fsp3) is 0.176. The number of ether oxygens (including phenoxy) is 1. The van der Waals surface area contributed by atoms with Crippen LogP contribution in [0.25, 0.3) is 0 Å². The zero-order valence-corrected chi connectivity index (χ0v) is 11.1. The lowest BCUT2D eigenvalue weighted by Gasteiger charge is -2.06. The number of halogens is 1. The average molecular weight is 269 g/mol. The van der Waals surface area contributed by atoms with Gasteiger partial charge < -0.3 is 10.5 Å². The minimum absolute atomic E-state index is 0.241. The first-order valence-corrected chi connectivity index (χ1v) is 6.38. The summed E-state index contributed by atoms with van der Waals surface area (Å²) in [6.07, 6.45) is 0. The van der Waals surface area contributed by atoms with Crippen LogP contribution in [-0.4, -0.2) is 6.54 Å². The second kappa shape index (κ2) is 7.44. The van der Waals surface area contributed by atoms with Gasteiger partial charge in [0, 0.05) is 11.1 Å². The number of hydrogen-bond donors (Lipinski definition) is 1. The molecule has 2 aromatic rings. The maximum absolute atomic E-state index is 13.8. The first-order chi connectivity index (χ1) is 9.79. The van der Waals surface area contributed by atoms with Crippen molar-refractivity contribution in [2.24, 2.45) is 5.73 Å². The molecule has 2 N–H and O–H groups in total. The summed E-state index contributed by atoms with van der Waals surface area (Å²) >= 11 is 0. The molecule has 0 aromatic heterocycles. The predicted molar refractivity (Wildman–Crippen MR) is 77.3 cm³/mol. The molecule has 2 aromatic carbocycles. The van der Waals surface area contributed by atoms with E-state index >= 15 is 0 Å². The van der Waals surface area contributed by atoms with Gasteiger partial charge in [0.2, 0.25) is 0 Å². The molecule has 3 heteroatoms. The van der Waals surface area contributed by atoms with Crippen molar-refractivity contribution in [3.63, 3.8) is 0 Å². The van der Waals surface area contributed by atoms with Gasteiger partial charge >= 0.3 is 0 Å². The molecule has 20 heavy (non-hydrogen) atoms. The molecule has 0 aliphatic carbocycles. The molecule has 0 atom stereocenters. The molecule has 0 aliphatic heterocycles. The Morgan fingerprint density at radius 3 is 2.55 bits per heavy atom. The Balaban J connectivity index is 1.93. The third-order valence-corrected chi connectivity index (χ3v) is 2.76. The van der Waals surface area contributed by atoms with Crippen molar-refractivity contribution in [2.45, 2.75) is 13.2 Å². The minimum atomic E-state index is -0.304. The molecule has 0 fully saturated rings. The number of benzene rings is 2. The fourth-order valence-electron chi connectivity index (χ4n) is 1.75. The highest BCUT2D eigenvalue weighted by Crippen LogP contribution is 2.12. The molecule has 2 nitrogen and oxygen atoms in total. The monoisotopic (exact) mass is 269 g/mol. The largest absolute Gasteiger partial charge is 0.372 e. The van der Waals surface area contributed by atoms with Gasteiger partial charge in [-0.1, -0.05) is 48.2 Å². The summed E-state index contributed by atoms with van der Waals surface area (Å²) in [6.45, 7) is 0.976. The lowest BCUT2D eigenvalue weighted by Crippen LogP contribution is -1.97. The molecular weight excluding hydrogens is 253 g/mol. The van der Waals surface area contributed by atoms with Crippen molar-refractivity contribution in [2.75, 3.05) is 6.54 Å². The van der Waals surface area contributed by atoms with E-state index in [2.05, 4.69) is 11.8 Å². The molecule has 0 unspecified atom stereocenters. The molecule has 0 radical (unpaired) electrons. The van der Waals surface area contributed by atoms with E-state index in [0.717, 1.165) is 5.56 Å². The van der Waals surface area contributed by atoms with Crippen molar-refractivity contribution >= 4 is 0 Å². The number of nitrogens with two attached hydrogens (primary N) is 1. The van der Waals surface area contributed by atoms with Crippen LogP contribution in [0.2, 0.25) is 0 Å². The van der Waals surface area contributed by atoms with Gasteiger partial charge in [-0.2, -0.15) is 0 Å². The molecule has 0 bridgehead atoms. The van der Waals surface area contributed by atoms with Crippen LogP contribution in [-0.2, 0) is 18.0 Å². The van der Waals surface area contributed by atoms with E-state index in [0.29, 0.717) is 17.7 Å². The minimum Gasteiger partial charge on any atom is -0.372 e. The summed E-state index contributed by atoms with van der Waals surface area (Å²) in [7, 11) is 0. The van der Waals surface area contributed by atoms with Crippen LogP contribution < -0.4 is 5.73 Å². The van der Waals surface area contributed by atoms with Gasteiger partial charge in [0.05, 0.1) is 19.8 Å². The van der Waals surface area contributed by atoms with Gasteiger partial charge in [-0.05, 0) is 17.7 Å². The first kappa shape index (κ1) is 14.3. The number of rotatable bonds is 4. The summed E-state index contributed by atoms with van der Waals surface area (Å²) in [6, 6.07) is 14.7. The Labute approximate surface area is 118 Å². The van der Waals surface area contributed by atoms with Crippen molar-refractivity contribution < 1.29 is 9.13 Å². The van der Waals surface area contributed by atoms with Crippen molar-refractivity contribution in [1.29, 1.82) is 0 Å². The molecule has 0 spiro atoms. The van der Waals surface area contributed by atoms with E-state index in [4.69, 9.17) is 10.5 Å². The van der Waals surface area contributed by atoms with E-state index in [1.165, 1.54) is 6.07 Å². The third kappa shape index (κ3) is 4.20. The molecular formula is C17H16FNO. The van der Waals surface area contributed by atoms with Gasteiger partial charge in [0.15, 0.2) is 0 Å². The topological polar surface area (TPSA) is 35.2 Å². The number of hydrogen-bond acceptors (Lipinski definition) is 2. The zero-order chi connectivity index (χ0) is 14.2. The highest BCUT2D eigenvalue weighted by atomic mass is 19.1. The van der Waals surface area contributed by atoms with Crippen LogP contribution in [0.5, 0.6) is 0 Å². The Kier molecular flexibility index (Phi) is 5.31. The molecule has 0 heterocycles. The lowest BCUT2D eigenvalue weighted by atomic mass is 10.1. The van der Waals surface area contributed by atoms with E-state index in [9.17, 15) is 4.39 Å². The standard InChI is InChI=1S/C17H16FNO/c18-17-11-14(7-4-10-19)8-9-16(17)13-20-12-15-5-2-1-3-6-15/h1-3,5-6,8-9,11H,10,12-13,19H2. The zero-order valence-electron chi connectivity index (χ0n) is 11.1. The van der Waals surface area contributed by atoms with Crippen LogP contribution >= 0.6 is 0 Å². The van der Waals surface area contributed by atoms with Gasteiger partial charge in [-0.15, -0.1) is 0 Å². The van der Waals surface area contributed by atoms with E-state index in [1.54, 1.807) is 12.1 Å². The highest BCUT2D eigenvalue weighted by Gasteiger charge is 2.03. The van der Waals surface area contributed by atoms with Gasteiger partial charge in [-0.3, -0.25) is 0 Å². The molecule has 0 amide bonds. The Morgan fingerprint density at radius 2 is 1.85 bits per heavy atom. The fourth-order valence-corrected chi connectivity index (χ4v) is 1.75. The lowest BCUT2D eigenvalue weighted by molar-refractivity contribution is 0.105. The van der Waals surface area contributed by atoms with Crippen molar-refractivity contribution in [3.8, 4) is 11.8 Å². The normalized spacial score (nSPS) is 9.90. The van der Waals surface area contributed by atoms with Gasteiger partial charge in [0.1, 0.15) is 5.82 Å². The van der Waals surface area contributed by atoms with Crippen LogP contribution in [0, 0.1) is 17.7 Å². The molecule has 0 saturated carbocycles. The summed E-state index contributed by atoms with van der Waals surface area (Å²) in [4.78, 5) is 0.